The molecule has 0 fully saturated rings. The van der Waals surface area contributed by atoms with Crippen molar-refractivity contribution < 1.29 is 0 Å². The van der Waals surface area contributed by atoms with Gasteiger partial charge in [-0.2, -0.15) is 15.8 Å². The fourth-order valence-corrected chi connectivity index (χ4v) is 3.69. The Balaban J connectivity index is 2.18. The molecule has 0 bridgehead atoms. The maximum atomic E-state index is 9.29. The van der Waals surface area contributed by atoms with Crippen LogP contribution in [0.3, 0.4) is 0 Å². The first kappa shape index (κ1) is 15.9. The number of nitrogens with zero attached hydrogens (tertiary/aromatic N) is 4. The molecule has 0 saturated carbocycles. The molecule has 26 heavy (non-hydrogen) atoms. The molecular weight excluding hydrogens is 388 g/mol. The monoisotopic (exact) mass is 396 g/mol. The molecule has 0 amide bonds. The molecule has 4 rings (SSSR count). The molecule has 0 unspecified atom stereocenters. The predicted octanol–water partition coefficient (Wildman–Crippen LogP) is 5.16. The minimum absolute atomic E-state index is 0.548. The van der Waals surface area contributed by atoms with E-state index in [1.165, 1.54) is 0 Å². The lowest BCUT2D eigenvalue weighted by Gasteiger charge is -2.09. The van der Waals surface area contributed by atoms with Crippen molar-refractivity contribution in [2.24, 2.45) is 0 Å². The summed E-state index contributed by atoms with van der Waals surface area (Å²) in [4.78, 5) is 0. The molecule has 0 aliphatic carbocycles. The van der Waals surface area contributed by atoms with Crippen LogP contribution in [-0.4, -0.2) is 4.57 Å². The Morgan fingerprint density at radius 3 is 1.69 bits per heavy atom. The highest BCUT2D eigenvalue weighted by molar-refractivity contribution is 9.10. The molecule has 0 spiro atoms. The van der Waals surface area contributed by atoms with Crippen molar-refractivity contribution in [2.75, 3.05) is 0 Å². The lowest BCUT2D eigenvalue weighted by Crippen LogP contribution is -1.95. The molecule has 1 aromatic heterocycles. The van der Waals surface area contributed by atoms with Crippen molar-refractivity contribution in [3.63, 3.8) is 0 Å². The molecule has 3 aromatic carbocycles. The van der Waals surface area contributed by atoms with E-state index in [0.717, 1.165) is 32.0 Å². The van der Waals surface area contributed by atoms with Crippen LogP contribution in [0.5, 0.6) is 0 Å². The predicted molar refractivity (Wildman–Crippen MR) is 103 cm³/mol. The van der Waals surface area contributed by atoms with E-state index in [0.29, 0.717) is 16.7 Å². The molecule has 120 valence electrons. The highest BCUT2D eigenvalue weighted by atomic mass is 79.9. The number of rotatable bonds is 1. The lowest BCUT2D eigenvalue weighted by molar-refractivity contribution is 1.17. The Kier molecular flexibility index (Phi) is 3.70. The van der Waals surface area contributed by atoms with Gasteiger partial charge in [0.15, 0.2) is 0 Å². The third-order valence-corrected chi connectivity index (χ3v) is 4.75. The zero-order valence-corrected chi connectivity index (χ0v) is 14.9. The van der Waals surface area contributed by atoms with Crippen LogP contribution >= 0.6 is 15.9 Å². The van der Waals surface area contributed by atoms with Crippen LogP contribution in [0.4, 0.5) is 0 Å². The summed E-state index contributed by atoms with van der Waals surface area (Å²) < 4.78 is 2.85. The maximum absolute atomic E-state index is 9.29. The normalized spacial score (nSPS) is 10.4. The van der Waals surface area contributed by atoms with Crippen LogP contribution in [0.2, 0.25) is 0 Å². The SMILES string of the molecule is N#Cc1cc(Br)cc(-n2c3ccc(C#N)cc3c3cc(C#N)ccc32)c1. The minimum atomic E-state index is 0.548. The third kappa shape index (κ3) is 2.42. The van der Waals surface area contributed by atoms with Gasteiger partial charge >= 0.3 is 0 Å². The van der Waals surface area contributed by atoms with Gasteiger partial charge in [-0.1, -0.05) is 15.9 Å². The fraction of sp³-hybridized carbons (Fsp3) is 0. The number of fused-ring (bicyclic) bond motifs is 3. The number of halogens is 1. The van der Waals surface area contributed by atoms with Gasteiger partial charge in [-0.05, 0) is 54.6 Å². The van der Waals surface area contributed by atoms with Crippen LogP contribution in [0.25, 0.3) is 27.5 Å². The third-order valence-electron chi connectivity index (χ3n) is 4.29. The number of hydrogen-bond acceptors (Lipinski definition) is 3. The van der Waals surface area contributed by atoms with Crippen LogP contribution in [0.15, 0.2) is 59.1 Å². The van der Waals surface area contributed by atoms with Crippen molar-refractivity contribution in [3.05, 3.63) is 75.8 Å². The molecule has 5 heteroatoms. The van der Waals surface area contributed by atoms with Gasteiger partial charge in [0.25, 0.3) is 0 Å². The largest absolute Gasteiger partial charge is 0.309 e. The Hall–Kier alpha value is -3.59. The first-order valence-electron chi connectivity index (χ1n) is 7.74. The average Bonchev–Trinajstić information content (AvgIpc) is 3.00. The standard InChI is InChI=1S/C21H9BrN4/c22-16-5-15(12-25)6-17(9-16)26-20-3-1-13(10-23)7-18(20)19-8-14(11-24)2-4-21(19)26/h1-9H. The molecule has 4 nitrogen and oxygen atoms in total. The first-order valence-corrected chi connectivity index (χ1v) is 8.53. The maximum Gasteiger partial charge on any atom is 0.0992 e. The van der Waals surface area contributed by atoms with Crippen LogP contribution < -0.4 is 0 Å². The van der Waals surface area contributed by atoms with Crippen molar-refractivity contribution in [1.82, 2.24) is 4.57 Å². The number of benzene rings is 3. The fourth-order valence-electron chi connectivity index (χ4n) is 3.21. The topological polar surface area (TPSA) is 76.3 Å². The highest BCUT2D eigenvalue weighted by Gasteiger charge is 2.14. The lowest BCUT2D eigenvalue weighted by atomic mass is 10.1. The second-order valence-corrected chi connectivity index (χ2v) is 6.75. The van der Waals surface area contributed by atoms with Crippen molar-refractivity contribution in [1.29, 1.82) is 15.8 Å². The zero-order chi connectivity index (χ0) is 18.3. The van der Waals surface area contributed by atoms with E-state index in [9.17, 15) is 15.8 Å². The van der Waals surface area contributed by atoms with E-state index in [2.05, 4.69) is 34.1 Å². The van der Waals surface area contributed by atoms with Gasteiger partial charge in [0, 0.05) is 20.9 Å². The summed E-state index contributed by atoms with van der Waals surface area (Å²) in [7, 11) is 0. The van der Waals surface area contributed by atoms with Crippen LogP contribution in [0.1, 0.15) is 16.7 Å². The summed E-state index contributed by atoms with van der Waals surface area (Å²) in [5.41, 5.74) is 4.33. The van der Waals surface area contributed by atoms with Crippen molar-refractivity contribution in [2.45, 2.75) is 0 Å². The van der Waals surface area contributed by atoms with Crippen molar-refractivity contribution >= 4 is 37.7 Å². The van der Waals surface area contributed by atoms with Crippen LogP contribution in [-0.2, 0) is 0 Å². The highest BCUT2D eigenvalue weighted by Crippen LogP contribution is 2.34. The molecule has 0 aliphatic rings. The Morgan fingerprint density at radius 2 is 1.19 bits per heavy atom. The Labute approximate surface area is 157 Å². The molecule has 0 aliphatic heterocycles. The summed E-state index contributed by atoms with van der Waals surface area (Å²) in [5.74, 6) is 0. The molecule has 0 saturated heterocycles. The summed E-state index contributed by atoms with van der Waals surface area (Å²) in [6.07, 6.45) is 0. The van der Waals surface area contributed by atoms with E-state index in [-0.39, 0.29) is 0 Å². The second kappa shape index (κ2) is 6.05. The molecule has 1 heterocycles. The Morgan fingerprint density at radius 1 is 0.654 bits per heavy atom. The molecule has 0 radical (unpaired) electrons. The van der Waals surface area contributed by atoms with Gasteiger partial charge in [-0.25, -0.2) is 0 Å². The summed E-state index contributed by atoms with van der Waals surface area (Å²) in [5, 5.41) is 29.6. The summed E-state index contributed by atoms with van der Waals surface area (Å²) in [6, 6.07) is 23.0. The zero-order valence-electron chi connectivity index (χ0n) is 13.4. The van der Waals surface area contributed by atoms with Crippen molar-refractivity contribution in [3.8, 4) is 23.9 Å². The van der Waals surface area contributed by atoms with E-state index >= 15 is 0 Å². The van der Waals surface area contributed by atoms with E-state index in [1.807, 2.05) is 41.0 Å². The number of nitriles is 3. The molecule has 0 N–H and O–H groups in total. The van der Waals surface area contributed by atoms with E-state index < -0.39 is 0 Å². The van der Waals surface area contributed by atoms with Crippen LogP contribution in [0, 0.1) is 34.0 Å². The minimum Gasteiger partial charge on any atom is -0.309 e. The Bertz CT molecular complexity index is 1260. The molecule has 4 aromatic rings. The summed E-state index contributed by atoms with van der Waals surface area (Å²) in [6.45, 7) is 0. The number of aromatic nitrogens is 1. The number of hydrogen-bond donors (Lipinski definition) is 0. The van der Waals surface area contributed by atoms with Gasteiger partial charge in [-0.3, -0.25) is 0 Å². The van der Waals surface area contributed by atoms with Gasteiger partial charge in [-0.15, -0.1) is 0 Å². The van der Waals surface area contributed by atoms with Gasteiger partial charge in [0.1, 0.15) is 0 Å². The van der Waals surface area contributed by atoms with Gasteiger partial charge in [0.2, 0.25) is 0 Å². The van der Waals surface area contributed by atoms with Gasteiger partial charge in [0.05, 0.1) is 45.9 Å². The smallest absolute Gasteiger partial charge is 0.0992 e. The quantitative estimate of drug-likeness (QED) is 0.445. The second-order valence-electron chi connectivity index (χ2n) is 5.83. The first-order chi connectivity index (χ1) is 12.6. The average molecular weight is 397 g/mol. The molecule has 0 atom stereocenters. The van der Waals surface area contributed by atoms with Gasteiger partial charge < -0.3 is 4.57 Å². The molecular formula is C21H9BrN4. The summed E-state index contributed by atoms with van der Waals surface area (Å²) >= 11 is 3.46. The van der Waals surface area contributed by atoms with E-state index in [1.54, 1.807) is 18.2 Å². The van der Waals surface area contributed by atoms with E-state index in [4.69, 9.17) is 0 Å².